The Hall–Kier alpha value is -3.26. The maximum absolute atomic E-state index is 12.3. The highest BCUT2D eigenvalue weighted by Crippen LogP contribution is 2.24. The summed E-state index contributed by atoms with van der Waals surface area (Å²) in [5.74, 6) is -1.99. The van der Waals surface area contributed by atoms with Gasteiger partial charge in [-0.15, -0.1) is 6.58 Å². The second-order valence-corrected chi connectivity index (χ2v) is 7.01. The van der Waals surface area contributed by atoms with E-state index in [2.05, 4.69) is 6.58 Å². The SMILES string of the molecule is C=CCN1C(=O)c2ccc(C(=O)OCC(=O)N(C)Cc3ccsc3)cc2C1=O. The second kappa shape index (κ2) is 8.18. The summed E-state index contributed by atoms with van der Waals surface area (Å²) in [6.07, 6.45) is 1.45. The summed E-state index contributed by atoms with van der Waals surface area (Å²) in [7, 11) is 1.63. The molecule has 0 aliphatic carbocycles. The molecule has 3 rings (SSSR count). The van der Waals surface area contributed by atoms with Gasteiger partial charge in [-0.05, 0) is 40.6 Å². The fraction of sp³-hybridized carbons (Fsp3) is 0.200. The molecule has 1 aliphatic rings. The van der Waals surface area contributed by atoms with E-state index in [1.54, 1.807) is 7.05 Å². The van der Waals surface area contributed by atoms with Crippen LogP contribution in [0.4, 0.5) is 0 Å². The molecule has 7 nitrogen and oxygen atoms in total. The number of likely N-dealkylation sites (N-methyl/N-ethyl adjacent to an activating group) is 1. The first kappa shape index (κ1) is 19.5. The normalized spacial score (nSPS) is 12.7. The molecule has 2 aromatic rings. The molecule has 0 unspecified atom stereocenters. The van der Waals surface area contributed by atoms with E-state index in [0.29, 0.717) is 6.54 Å². The van der Waals surface area contributed by atoms with E-state index >= 15 is 0 Å². The third-order valence-corrected chi connectivity index (χ3v) is 5.00. The van der Waals surface area contributed by atoms with Gasteiger partial charge in [0.05, 0.1) is 16.7 Å². The number of hydrogen-bond acceptors (Lipinski definition) is 6. The van der Waals surface area contributed by atoms with E-state index in [0.717, 1.165) is 10.5 Å². The van der Waals surface area contributed by atoms with Crippen molar-refractivity contribution < 1.29 is 23.9 Å². The number of ether oxygens (including phenoxy) is 1. The predicted molar refractivity (Wildman–Crippen MR) is 103 cm³/mol. The molecule has 3 amide bonds. The van der Waals surface area contributed by atoms with E-state index in [9.17, 15) is 19.2 Å². The second-order valence-electron chi connectivity index (χ2n) is 6.23. The first-order valence-corrected chi connectivity index (χ1v) is 9.40. The molecule has 1 aromatic carbocycles. The Bertz CT molecular complexity index is 952. The first-order chi connectivity index (χ1) is 13.4. The van der Waals surface area contributed by atoms with Gasteiger partial charge in [0.1, 0.15) is 0 Å². The largest absolute Gasteiger partial charge is 0.452 e. The molecule has 1 aliphatic heterocycles. The molecule has 0 saturated carbocycles. The van der Waals surface area contributed by atoms with Crippen LogP contribution in [0.1, 0.15) is 36.6 Å². The van der Waals surface area contributed by atoms with Gasteiger partial charge in [-0.3, -0.25) is 19.3 Å². The van der Waals surface area contributed by atoms with Crippen LogP contribution in [0.2, 0.25) is 0 Å². The third-order valence-electron chi connectivity index (χ3n) is 4.27. The minimum atomic E-state index is -0.734. The van der Waals surface area contributed by atoms with Crippen LogP contribution in [0.3, 0.4) is 0 Å². The standard InChI is InChI=1S/C20H18N2O5S/c1-3-7-22-18(24)15-5-4-14(9-16(15)19(22)25)20(26)27-11-17(23)21(2)10-13-6-8-28-12-13/h3-6,8-9,12H,1,7,10-11H2,2H3. The molecule has 0 atom stereocenters. The molecule has 144 valence electrons. The molecule has 0 radical (unpaired) electrons. The van der Waals surface area contributed by atoms with Crippen LogP contribution in [0.15, 0.2) is 47.7 Å². The number of imide groups is 1. The molecular formula is C20H18N2O5S. The maximum Gasteiger partial charge on any atom is 0.338 e. The van der Waals surface area contributed by atoms with Crippen LogP contribution in [-0.2, 0) is 16.1 Å². The molecule has 0 spiro atoms. The number of nitrogens with zero attached hydrogens (tertiary/aromatic N) is 2. The quantitative estimate of drug-likeness (QED) is 0.406. The van der Waals surface area contributed by atoms with Crippen molar-refractivity contribution in [3.8, 4) is 0 Å². The van der Waals surface area contributed by atoms with E-state index in [-0.39, 0.29) is 29.1 Å². The summed E-state index contributed by atoms with van der Waals surface area (Å²) in [5, 5.41) is 3.86. The van der Waals surface area contributed by atoms with Gasteiger partial charge in [-0.2, -0.15) is 11.3 Å². The Labute approximate surface area is 165 Å². The first-order valence-electron chi connectivity index (χ1n) is 8.45. The minimum absolute atomic E-state index is 0.0943. The summed E-state index contributed by atoms with van der Waals surface area (Å²) in [6.45, 7) is 3.63. The maximum atomic E-state index is 12.3. The predicted octanol–water partition coefficient (Wildman–Crippen LogP) is 2.35. The van der Waals surface area contributed by atoms with E-state index < -0.39 is 24.4 Å². The van der Waals surface area contributed by atoms with Gasteiger partial charge in [0.2, 0.25) is 0 Å². The van der Waals surface area contributed by atoms with Crippen molar-refractivity contribution in [3.05, 3.63) is 69.9 Å². The smallest absolute Gasteiger partial charge is 0.338 e. The monoisotopic (exact) mass is 398 g/mol. The zero-order chi connectivity index (χ0) is 20.3. The van der Waals surface area contributed by atoms with Crippen molar-refractivity contribution in [2.45, 2.75) is 6.54 Å². The summed E-state index contributed by atoms with van der Waals surface area (Å²) in [6, 6.07) is 6.06. The molecule has 0 fully saturated rings. The summed E-state index contributed by atoms with van der Waals surface area (Å²) >= 11 is 1.54. The third kappa shape index (κ3) is 3.86. The van der Waals surface area contributed by atoms with Crippen molar-refractivity contribution >= 4 is 35.0 Å². The number of fused-ring (bicyclic) bond motifs is 1. The zero-order valence-electron chi connectivity index (χ0n) is 15.2. The Morgan fingerprint density at radius 2 is 1.96 bits per heavy atom. The number of benzene rings is 1. The Kier molecular flexibility index (Phi) is 5.70. The molecule has 1 aromatic heterocycles. The Morgan fingerprint density at radius 1 is 1.21 bits per heavy atom. The molecule has 8 heteroatoms. The van der Waals surface area contributed by atoms with Crippen molar-refractivity contribution in [2.75, 3.05) is 20.2 Å². The van der Waals surface area contributed by atoms with Crippen LogP contribution in [-0.4, -0.2) is 53.7 Å². The van der Waals surface area contributed by atoms with Crippen LogP contribution in [0, 0.1) is 0 Å². The summed E-state index contributed by atoms with van der Waals surface area (Å²) in [5.41, 5.74) is 1.48. The van der Waals surface area contributed by atoms with Gasteiger partial charge >= 0.3 is 5.97 Å². The number of carbonyl (C=O) groups is 4. The van der Waals surface area contributed by atoms with E-state index in [4.69, 9.17) is 4.74 Å². The van der Waals surface area contributed by atoms with Crippen LogP contribution < -0.4 is 0 Å². The number of carbonyl (C=O) groups excluding carboxylic acids is 4. The molecular weight excluding hydrogens is 380 g/mol. The van der Waals surface area contributed by atoms with Crippen LogP contribution in [0.5, 0.6) is 0 Å². The lowest BCUT2D eigenvalue weighted by Crippen LogP contribution is -2.30. The van der Waals surface area contributed by atoms with Crippen molar-refractivity contribution in [1.29, 1.82) is 0 Å². The highest BCUT2D eigenvalue weighted by atomic mass is 32.1. The number of esters is 1. The van der Waals surface area contributed by atoms with Gasteiger partial charge in [0.25, 0.3) is 17.7 Å². The Balaban J connectivity index is 1.63. The number of amides is 3. The Morgan fingerprint density at radius 3 is 2.64 bits per heavy atom. The van der Waals surface area contributed by atoms with Crippen molar-refractivity contribution in [1.82, 2.24) is 9.80 Å². The molecule has 0 N–H and O–H groups in total. The molecule has 28 heavy (non-hydrogen) atoms. The van der Waals surface area contributed by atoms with Gasteiger partial charge < -0.3 is 9.64 Å². The highest BCUT2D eigenvalue weighted by Gasteiger charge is 2.35. The fourth-order valence-corrected chi connectivity index (χ4v) is 3.44. The summed E-state index contributed by atoms with van der Waals surface area (Å²) in [4.78, 5) is 51.4. The highest BCUT2D eigenvalue weighted by molar-refractivity contribution is 7.07. The average molecular weight is 398 g/mol. The summed E-state index contributed by atoms with van der Waals surface area (Å²) < 4.78 is 5.07. The number of thiophene rings is 1. The van der Waals surface area contributed by atoms with Gasteiger partial charge in [0, 0.05) is 20.1 Å². The van der Waals surface area contributed by atoms with E-state index in [1.165, 1.54) is 40.5 Å². The minimum Gasteiger partial charge on any atom is -0.452 e. The lowest BCUT2D eigenvalue weighted by molar-refractivity contribution is -0.133. The van der Waals surface area contributed by atoms with Gasteiger partial charge in [0.15, 0.2) is 6.61 Å². The molecule has 2 heterocycles. The van der Waals surface area contributed by atoms with Crippen LogP contribution >= 0.6 is 11.3 Å². The number of hydrogen-bond donors (Lipinski definition) is 0. The lowest BCUT2D eigenvalue weighted by atomic mass is 10.1. The molecule has 0 saturated heterocycles. The van der Waals surface area contributed by atoms with Crippen LogP contribution in [0.25, 0.3) is 0 Å². The van der Waals surface area contributed by atoms with Crippen molar-refractivity contribution in [3.63, 3.8) is 0 Å². The zero-order valence-corrected chi connectivity index (χ0v) is 16.0. The topological polar surface area (TPSA) is 84.0 Å². The van der Waals surface area contributed by atoms with Gasteiger partial charge in [-0.1, -0.05) is 6.08 Å². The van der Waals surface area contributed by atoms with Gasteiger partial charge in [-0.25, -0.2) is 4.79 Å². The van der Waals surface area contributed by atoms with Crippen molar-refractivity contribution in [2.24, 2.45) is 0 Å². The average Bonchev–Trinajstić information content (AvgIpc) is 3.28. The lowest BCUT2D eigenvalue weighted by Gasteiger charge is -2.16. The van der Waals surface area contributed by atoms with E-state index in [1.807, 2.05) is 16.8 Å². The number of rotatable bonds is 7. The fourth-order valence-electron chi connectivity index (χ4n) is 2.78. The molecule has 0 bridgehead atoms.